The van der Waals surface area contributed by atoms with Gasteiger partial charge in [-0.3, -0.25) is 4.79 Å². The first-order valence-corrected chi connectivity index (χ1v) is 8.54. The Bertz CT molecular complexity index is 932. The Morgan fingerprint density at radius 1 is 1.08 bits per heavy atom. The Kier molecular flexibility index (Phi) is 2.98. The number of benzene rings is 2. The van der Waals surface area contributed by atoms with E-state index < -0.39 is 0 Å². The molecule has 0 bridgehead atoms. The fraction of sp³-hybridized carbons (Fsp3) is 0.200. The number of hydrogen-bond donors (Lipinski definition) is 1. The van der Waals surface area contributed by atoms with E-state index in [2.05, 4.69) is 33.3 Å². The maximum atomic E-state index is 12.8. The van der Waals surface area contributed by atoms with Crippen molar-refractivity contribution >= 4 is 28.7 Å². The summed E-state index contributed by atoms with van der Waals surface area (Å²) < 4.78 is 0. The minimum atomic E-state index is -0.177. The molecule has 0 unspecified atom stereocenters. The minimum Gasteiger partial charge on any atom is -0.359 e. The lowest BCUT2D eigenvalue weighted by atomic mass is 9.98. The summed E-state index contributed by atoms with van der Waals surface area (Å²) in [6.07, 6.45) is 0.328. The fourth-order valence-electron chi connectivity index (χ4n) is 3.90. The summed E-state index contributed by atoms with van der Waals surface area (Å²) in [6.45, 7) is 2.67. The van der Waals surface area contributed by atoms with Crippen molar-refractivity contribution in [3.8, 4) is 0 Å². The number of nitrogens with zero attached hydrogens (tertiary/aromatic N) is 3. The second kappa shape index (κ2) is 5.21. The van der Waals surface area contributed by atoms with Gasteiger partial charge in [-0.2, -0.15) is 0 Å². The van der Waals surface area contributed by atoms with Crippen LogP contribution in [0.4, 0.5) is 17.1 Å². The molecule has 5 rings (SSSR count). The van der Waals surface area contributed by atoms with Crippen molar-refractivity contribution in [1.29, 1.82) is 0 Å². The Hall–Kier alpha value is -3.08. The molecule has 0 spiro atoms. The van der Waals surface area contributed by atoms with Crippen LogP contribution in [0.3, 0.4) is 0 Å². The van der Waals surface area contributed by atoms with Crippen LogP contribution in [0.2, 0.25) is 0 Å². The molecule has 0 amide bonds. The van der Waals surface area contributed by atoms with Gasteiger partial charge in [-0.1, -0.05) is 30.3 Å². The number of Topliss-reactive ketones (excluding diaryl/α,β-unsaturated/α-hetero) is 1. The Morgan fingerprint density at radius 2 is 1.84 bits per heavy atom. The van der Waals surface area contributed by atoms with Crippen LogP contribution in [0.5, 0.6) is 0 Å². The lowest BCUT2D eigenvalue weighted by Gasteiger charge is -2.39. The third kappa shape index (κ3) is 2.02. The smallest absolute Gasteiger partial charge is 0.168 e. The molecule has 0 aromatic heterocycles. The molecular formula is C20H18N4O. The Labute approximate surface area is 146 Å². The van der Waals surface area contributed by atoms with E-state index in [1.54, 1.807) is 0 Å². The van der Waals surface area contributed by atoms with Gasteiger partial charge < -0.3 is 15.1 Å². The van der Waals surface area contributed by atoms with Crippen molar-refractivity contribution < 1.29 is 4.79 Å². The van der Waals surface area contributed by atoms with Gasteiger partial charge in [0.15, 0.2) is 5.78 Å². The molecule has 0 saturated heterocycles. The van der Waals surface area contributed by atoms with E-state index in [0.29, 0.717) is 13.0 Å². The average molecular weight is 330 g/mol. The van der Waals surface area contributed by atoms with E-state index in [0.717, 1.165) is 34.3 Å². The maximum absolute atomic E-state index is 12.8. The van der Waals surface area contributed by atoms with Gasteiger partial charge in [0.25, 0.3) is 0 Å². The van der Waals surface area contributed by atoms with Gasteiger partial charge in [0.05, 0.1) is 16.9 Å². The van der Waals surface area contributed by atoms with Crippen molar-refractivity contribution in [3.63, 3.8) is 0 Å². The molecule has 2 aromatic rings. The van der Waals surface area contributed by atoms with Gasteiger partial charge in [0, 0.05) is 18.7 Å². The van der Waals surface area contributed by atoms with Gasteiger partial charge in [-0.05, 0) is 31.2 Å². The number of amidine groups is 1. The number of ketones is 1. The SMILES string of the molecule is CC1=NC2=C(C(=O)CCN2c2ccccc2)[C@@H]2Nc3ccccc3N12. The van der Waals surface area contributed by atoms with Crippen molar-refractivity contribution in [3.05, 3.63) is 66.0 Å². The van der Waals surface area contributed by atoms with Gasteiger partial charge in [-0.15, -0.1) is 0 Å². The summed E-state index contributed by atoms with van der Waals surface area (Å²) >= 11 is 0. The number of para-hydroxylation sites is 3. The van der Waals surface area contributed by atoms with Crippen molar-refractivity contribution in [2.75, 3.05) is 21.7 Å². The Balaban J connectivity index is 1.66. The molecule has 0 aliphatic carbocycles. The van der Waals surface area contributed by atoms with Crippen molar-refractivity contribution in [1.82, 2.24) is 0 Å². The number of nitrogens with one attached hydrogen (secondary N) is 1. The first-order valence-electron chi connectivity index (χ1n) is 8.54. The summed E-state index contributed by atoms with van der Waals surface area (Å²) in [5.74, 6) is 1.85. The molecule has 1 atom stereocenters. The van der Waals surface area contributed by atoms with Crippen molar-refractivity contribution in [2.45, 2.75) is 19.5 Å². The summed E-state index contributed by atoms with van der Waals surface area (Å²) in [7, 11) is 0. The van der Waals surface area contributed by atoms with Crippen LogP contribution in [-0.2, 0) is 4.79 Å². The van der Waals surface area contributed by atoms with Gasteiger partial charge in [0.2, 0.25) is 0 Å². The molecule has 25 heavy (non-hydrogen) atoms. The molecule has 0 fully saturated rings. The van der Waals surface area contributed by atoms with Crippen LogP contribution in [0, 0.1) is 0 Å². The van der Waals surface area contributed by atoms with E-state index in [9.17, 15) is 4.79 Å². The number of hydrogen-bond acceptors (Lipinski definition) is 5. The van der Waals surface area contributed by atoms with E-state index >= 15 is 0 Å². The highest BCUT2D eigenvalue weighted by Crippen LogP contribution is 2.42. The summed E-state index contributed by atoms with van der Waals surface area (Å²) in [5, 5.41) is 3.51. The zero-order valence-electron chi connectivity index (χ0n) is 13.9. The zero-order valence-corrected chi connectivity index (χ0v) is 13.9. The Morgan fingerprint density at radius 3 is 2.68 bits per heavy atom. The normalized spacial score (nSPS) is 21.4. The van der Waals surface area contributed by atoms with Crippen LogP contribution in [0.25, 0.3) is 0 Å². The topological polar surface area (TPSA) is 47.9 Å². The average Bonchev–Trinajstić information content (AvgIpc) is 3.02. The standard InChI is InChI=1S/C20H18N4O/c1-13-21-19-18(20-22-15-9-5-6-10-16(15)24(13)20)17(25)11-12-23(19)14-7-3-2-4-8-14/h2-10,20,22H,11-12H2,1H3/t20-/m1/s1. The predicted octanol–water partition coefficient (Wildman–Crippen LogP) is 3.37. The number of carbonyl (C=O) groups excluding carboxylic acids is 1. The summed E-state index contributed by atoms with van der Waals surface area (Å²) in [5.41, 5.74) is 3.95. The lowest BCUT2D eigenvalue weighted by Crippen LogP contribution is -2.50. The van der Waals surface area contributed by atoms with Gasteiger partial charge in [-0.25, -0.2) is 4.99 Å². The molecule has 5 heteroatoms. The highest BCUT2D eigenvalue weighted by atomic mass is 16.1. The molecule has 3 aliphatic rings. The molecule has 3 heterocycles. The largest absolute Gasteiger partial charge is 0.359 e. The lowest BCUT2D eigenvalue weighted by molar-refractivity contribution is -0.116. The number of carbonyl (C=O) groups is 1. The van der Waals surface area contributed by atoms with Crippen LogP contribution >= 0.6 is 0 Å². The highest BCUT2D eigenvalue weighted by Gasteiger charge is 2.43. The molecule has 0 saturated carbocycles. The molecule has 5 nitrogen and oxygen atoms in total. The second-order valence-corrected chi connectivity index (χ2v) is 6.49. The third-order valence-electron chi connectivity index (χ3n) is 5.03. The summed E-state index contributed by atoms with van der Waals surface area (Å²) in [6, 6.07) is 18.3. The minimum absolute atomic E-state index is 0.175. The quantitative estimate of drug-likeness (QED) is 0.871. The molecule has 0 radical (unpaired) electrons. The number of fused-ring (bicyclic) bond motifs is 4. The number of aliphatic imine (C=N–C) groups is 1. The molecule has 2 aromatic carbocycles. The van der Waals surface area contributed by atoms with Crippen LogP contribution < -0.4 is 15.1 Å². The van der Waals surface area contributed by atoms with E-state index in [1.807, 2.05) is 43.3 Å². The first-order chi connectivity index (χ1) is 12.2. The van der Waals surface area contributed by atoms with E-state index in [4.69, 9.17) is 4.99 Å². The fourth-order valence-corrected chi connectivity index (χ4v) is 3.90. The highest BCUT2D eigenvalue weighted by molar-refractivity contribution is 6.11. The molecular weight excluding hydrogens is 312 g/mol. The van der Waals surface area contributed by atoms with Crippen molar-refractivity contribution in [2.24, 2.45) is 4.99 Å². The van der Waals surface area contributed by atoms with E-state index in [1.165, 1.54) is 0 Å². The van der Waals surface area contributed by atoms with Crippen LogP contribution in [-0.4, -0.2) is 24.3 Å². The van der Waals surface area contributed by atoms with Crippen LogP contribution in [0.1, 0.15) is 13.3 Å². The molecule has 1 N–H and O–H groups in total. The van der Waals surface area contributed by atoms with E-state index in [-0.39, 0.29) is 11.9 Å². The third-order valence-corrected chi connectivity index (χ3v) is 5.03. The monoisotopic (exact) mass is 330 g/mol. The first kappa shape index (κ1) is 14.3. The predicted molar refractivity (Wildman–Crippen MR) is 99.9 cm³/mol. The molecule has 124 valence electrons. The second-order valence-electron chi connectivity index (χ2n) is 6.49. The number of rotatable bonds is 1. The van der Waals surface area contributed by atoms with Gasteiger partial charge >= 0.3 is 0 Å². The van der Waals surface area contributed by atoms with Crippen LogP contribution in [0.15, 0.2) is 71.0 Å². The maximum Gasteiger partial charge on any atom is 0.168 e. The zero-order chi connectivity index (χ0) is 17.0. The molecule has 3 aliphatic heterocycles. The number of anilines is 3. The summed E-state index contributed by atoms with van der Waals surface area (Å²) in [4.78, 5) is 21.9. The van der Waals surface area contributed by atoms with Gasteiger partial charge in [0.1, 0.15) is 17.8 Å².